The van der Waals surface area contributed by atoms with Crippen molar-refractivity contribution in [2.24, 2.45) is 0 Å². The van der Waals surface area contributed by atoms with Gasteiger partial charge in [-0.2, -0.15) is 0 Å². The molecule has 2 aromatic heterocycles. The van der Waals surface area contributed by atoms with Gasteiger partial charge in [0, 0.05) is 6.04 Å². The number of carbonyl (C=O) groups excluding carboxylic acids is 1. The van der Waals surface area contributed by atoms with Crippen LogP contribution in [0, 0.1) is 13.8 Å². The quantitative estimate of drug-likeness (QED) is 0.253. The first-order chi connectivity index (χ1) is 16.4. The summed E-state index contributed by atoms with van der Waals surface area (Å²) in [6.45, 7) is 6.60. The van der Waals surface area contributed by atoms with Crippen LogP contribution in [0.25, 0.3) is 10.2 Å². The molecule has 0 radical (unpaired) electrons. The molecular formula is C27H29N3O2S2. The molecule has 176 valence electrons. The van der Waals surface area contributed by atoms with Crippen molar-refractivity contribution in [2.45, 2.75) is 51.4 Å². The second-order valence-electron chi connectivity index (χ2n) is 8.62. The minimum absolute atomic E-state index is 0.0528. The molecule has 0 saturated heterocycles. The van der Waals surface area contributed by atoms with Gasteiger partial charge in [0.15, 0.2) is 5.16 Å². The molecule has 0 aliphatic carbocycles. The van der Waals surface area contributed by atoms with Gasteiger partial charge in [-0.25, -0.2) is 4.98 Å². The molecule has 0 aliphatic heterocycles. The minimum Gasteiger partial charge on any atom is -0.353 e. The Labute approximate surface area is 208 Å². The number of carbonyl (C=O) groups is 1. The Morgan fingerprint density at radius 3 is 2.65 bits per heavy atom. The molecule has 5 nitrogen and oxygen atoms in total. The summed E-state index contributed by atoms with van der Waals surface area (Å²) in [4.78, 5) is 30.6. The zero-order chi connectivity index (χ0) is 24.1. The SMILES string of the molecule is Cc1ccc(Cn2c(SCC(=O)N[C@H](C)CCc3ccccc3)nc3ccsc3c2=O)cc1C. The van der Waals surface area contributed by atoms with Gasteiger partial charge in [-0.1, -0.05) is 60.3 Å². The van der Waals surface area contributed by atoms with Crippen molar-refractivity contribution >= 4 is 39.2 Å². The van der Waals surface area contributed by atoms with Gasteiger partial charge in [0.05, 0.1) is 17.8 Å². The van der Waals surface area contributed by atoms with Gasteiger partial charge >= 0.3 is 0 Å². The second-order valence-corrected chi connectivity index (χ2v) is 10.5. The number of amides is 1. The zero-order valence-electron chi connectivity index (χ0n) is 19.7. The van der Waals surface area contributed by atoms with E-state index in [1.54, 1.807) is 4.57 Å². The molecule has 1 atom stereocenters. The van der Waals surface area contributed by atoms with Gasteiger partial charge in [-0.05, 0) is 67.3 Å². The maximum atomic E-state index is 13.2. The predicted molar refractivity (Wildman–Crippen MR) is 142 cm³/mol. The van der Waals surface area contributed by atoms with Crippen molar-refractivity contribution in [2.75, 3.05) is 5.75 Å². The van der Waals surface area contributed by atoms with E-state index in [0.29, 0.717) is 21.9 Å². The first kappa shape index (κ1) is 24.2. The maximum absolute atomic E-state index is 13.2. The number of aromatic nitrogens is 2. The third-order valence-corrected chi connectivity index (χ3v) is 7.76. The third-order valence-electron chi connectivity index (χ3n) is 5.89. The number of nitrogens with zero attached hydrogens (tertiary/aromatic N) is 2. The molecule has 7 heteroatoms. The number of thioether (sulfide) groups is 1. The minimum atomic E-state index is -0.0580. The van der Waals surface area contributed by atoms with Gasteiger partial charge in [0.25, 0.3) is 5.56 Å². The average molecular weight is 492 g/mol. The lowest BCUT2D eigenvalue weighted by Gasteiger charge is -2.15. The standard InChI is InChI=1S/C27H29N3O2S2/c1-18-9-11-22(15-19(18)2)16-30-26(32)25-23(13-14-33-25)29-27(30)34-17-24(31)28-20(3)10-12-21-7-5-4-6-8-21/h4-9,11,13-15,20H,10,12,16-17H2,1-3H3,(H,28,31)/t20-/m1/s1. The maximum Gasteiger partial charge on any atom is 0.272 e. The van der Waals surface area contributed by atoms with Crippen molar-refractivity contribution in [1.29, 1.82) is 0 Å². The fourth-order valence-electron chi connectivity index (χ4n) is 3.80. The number of rotatable bonds is 9. The van der Waals surface area contributed by atoms with E-state index in [0.717, 1.165) is 18.4 Å². The summed E-state index contributed by atoms with van der Waals surface area (Å²) < 4.78 is 2.34. The number of benzene rings is 2. The number of hydrogen-bond donors (Lipinski definition) is 1. The van der Waals surface area contributed by atoms with Crippen LogP contribution >= 0.6 is 23.1 Å². The highest BCUT2D eigenvalue weighted by Gasteiger charge is 2.16. The molecule has 1 N–H and O–H groups in total. The molecule has 0 fully saturated rings. The highest BCUT2D eigenvalue weighted by Crippen LogP contribution is 2.22. The summed E-state index contributed by atoms with van der Waals surface area (Å²) in [5.41, 5.74) is 5.34. The fraction of sp³-hybridized carbons (Fsp3) is 0.296. The van der Waals surface area contributed by atoms with E-state index in [9.17, 15) is 9.59 Å². The van der Waals surface area contributed by atoms with Gasteiger partial charge in [-0.3, -0.25) is 14.2 Å². The normalized spacial score (nSPS) is 12.1. The van der Waals surface area contributed by atoms with Gasteiger partial charge in [-0.15, -0.1) is 11.3 Å². The highest BCUT2D eigenvalue weighted by atomic mass is 32.2. The molecule has 4 aromatic rings. The second kappa shape index (κ2) is 11.0. The van der Waals surface area contributed by atoms with Crippen molar-refractivity contribution in [3.8, 4) is 0 Å². The van der Waals surface area contributed by atoms with E-state index >= 15 is 0 Å². The molecule has 1 amide bonds. The molecule has 0 unspecified atom stereocenters. The Morgan fingerprint density at radius 2 is 1.88 bits per heavy atom. The largest absolute Gasteiger partial charge is 0.353 e. The summed E-state index contributed by atoms with van der Waals surface area (Å²) in [6.07, 6.45) is 1.79. The van der Waals surface area contributed by atoms with Gasteiger partial charge in [0.1, 0.15) is 4.70 Å². The number of nitrogens with one attached hydrogen (secondary N) is 1. The first-order valence-electron chi connectivity index (χ1n) is 11.4. The Hall–Kier alpha value is -2.90. The van der Waals surface area contributed by atoms with Crippen molar-refractivity contribution in [3.05, 3.63) is 92.6 Å². The van der Waals surface area contributed by atoms with Crippen LogP contribution in [0.15, 0.2) is 69.9 Å². The van der Waals surface area contributed by atoms with E-state index in [2.05, 4.69) is 43.4 Å². The Morgan fingerprint density at radius 1 is 1.09 bits per heavy atom. The zero-order valence-corrected chi connectivity index (χ0v) is 21.3. The van der Waals surface area contributed by atoms with Crippen LogP contribution in [0.3, 0.4) is 0 Å². The summed E-state index contributed by atoms with van der Waals surface area (Å²) in [6, 6.07) is 18.4. The van der Waals surface area contributed by atoms with E-state index < -0.39 is 0 Å². The molecular weight excluding hydrogens is 462 g/mol. The molecule has 0 spiro atoms. The van der Waals surface area contributed by atoms with Crippen LogP contribution in [0.5, 0.6) is 0 Å². The smallest absolute Gasteiger partial charge is 0.272 e. The van der Waals surface area contributed by atoms with Crippen molar-refractivity contribution in [1.82, 2.24) is 14.9 Å². The first-order valence-corrected chi connectivity index (χ1v) is 13.3. The van der Waals surface area contributed by atoms with Crippen molar-refractivity contribution < 1.29 is 4.79 Å². The van der Waals surface area contributed by atoms with Crippen molar-refractivity contribution in [3.63, 3.8) is 0 Å². The molecule has 34 heavy (non-hydrogen) atoms. The van der Waals surface area contributed by atoms with Crippen LogP contribution in [0.4, 0.5) is 0 Å². The van der Waals surface area contributed by atoms with E-state index in [1.165, 1.54) is 39.8 Å². The summed E-state index contributed by atoms with van der Waals surface area (Å²) in [5, 5.41) is 5.53. The van der Waals surface area contributed by atoms with E-state index in [1.807, 2.05) is 42.6 Å². The third kappa shape index (κ3) is 5.96. The average Bonchev–Trinajstić information content (AvgIpc) is 3.30. The molecule has 0 aliphatic rings. The van der Waals surface area contributed by atoms with Crippen LogP contribution in [-0.4, -0.2) is 27.3 Å². The number of thiophene rings is 1. The molecule has 0 bridgehead atoms. The lowest BCUT2D eigenvalue weighted by molar-refractivity contribution is -0.119. The Balaban J connectivity index is 1.45. The lowest BCUT2D eigenvalue weighted by atomic mass is 10.1. The lowest BCUT2D eigenvalue weighted by Crippen LogP contribution is -2.34. The fourth-order valence-corrected chi connectivity index (χ4v) is 5.39. The predicted octanol–water partition coefficient (Wildman–Crippen LogP) is 5.35. The van der Waals surface area contributed by atoms with Gasteiger partial charge < -0.3 is 5.32 Å². The molecule has 2 heterocycles. The Bertz CT molecular complexity index is 1350. The summed E-state index contributed by atoms with van der Waals surface area (Å²) in [7, 11) is 0. The van der Waals surface area contributed by atoms with E-state index in [4.69, 9.17) is 4.98 Å². The number of aryl methyl sites for hydroxylation is 3. The topological polar surface area (TPSA) is 64.0 Å². The highest BCUT2D eigenvalue weighted by molar-refractivity contribution is 7.99. The van der Waals surface area contributed by atoms with Crippen LogP contribution in [0.1, 0.15) is 35.6 Å². The summed E-state index contributed by atoms with van der Waals surface area (Å²) in [5.74, 6) is 0.160. The van der Waals surface area contributed by atoms with Crippen LogP contribution in [0.2, 0.25) is 0 Å². The number of fused-ring (bicyclic) bond motifs is 1. The monoisotopic (exact) mass is 491 g/mol. The Kier molecular flexibility index (Phi) is 7.85. The molecule has 2 aromatic carbocycles. The summed E-state index contributed by atoms with van der Waals surface area (Å²) >= 11 is 2.72. The molecule has 4 rings (SSSR count). The van der Waals surface area contributed by atoms with Crippen LogP contribution < -0.4 is 10.9 Å². The van der Waals surface area contributed by atoms with Crippen LogP contribution in [-0.2, 0) is 17.8 Å². The molecule has 0 saturated carbocycles. The van der Waals surface area contributed by atoms with Gasteiger partial charge in [0.2, 0.25) is 5.91 Å². The van der Waals surface area contributed by atoms with E-state index in [-0.39, 0.29) is 23.3 Å². The number of hydrogen-bond acceptors (Lipinski definition) is 5.